The van der Waals surface area contributed by atoms with Gasteiger partial charge in [-0.2, -0.15) is 11.8 Å². The van der Waals surface area contributed by atoms with E-state index in [0.717, 1.165) is 5.75 Å². The number of amides is 1. The van der Waals surface area contributed by atoms with Crippen LogP contribution in [0.15, 0.2) is 4.79 Å². The van der Waals surface area contributed by atoms with Crippen molar-refractivity contribution in [3.05, 3.63) is 10.5 Å². The third kappa shape index (κ3) is 3.32. The van der Waals surface area contributed by atoms with Crippen LogP contribution in [0, 0.1) is 0 Å². The van der Waals surface area contributed by atoms with Gasteiger partial charge in [-0.1, -0.05) is 0 Å². The number of nitrogens with one attached hydrogen (secondary N) is 3. The molecular weight excluding hydrogens is 192 g/mol. The number of carbonyl (C=O) groups is 1. The quantitative estimate of drug-likeness (QED) is 0.630. The number of thioether (sulfide) groups is 1. The zero-order chi connectivity index (χ0) is 9.68. The maximum absolute atomic E-state index is 11.1. The van der Waals surface area contributed by atoms with Crippen molar-refractivity contribution < 1.29 is 4.79 Å². The molecule has 0 bridgehead atoms. The number of H-pyrrole nitrogens is 2. The molecule has 1 rings (SSSR count). The molecule has 0 aliphatic heterocycles. The molecule has 0 fully saturated rings. The molecule has 1 heterocycles. The summed E-state index contributed by atoms with van der Waals surface area (Å²) in [6.45, 7) is 0. The Morgan fingerprint density at radius 3 is 3.00 bits per heavy atom. The van der Waals surface area contributed by atoms with Crippen LogP contribution in [0.5, 0.6) is 0 Å². The normalized spacial score (nSPS) is 9.92. The van der Waals surface area contributed by atoms with Crippen LogP contribution in [0.2, 0.25) is 0 Å². The van der Waals surface area contributed by atoms with Crippen LogP contribution in [0.1, 0.15) is 6.42 Å². The molecule has 7 heteroatoms. The number of carbonyl (C=O) groups excluding carboxylic acids is 1. The van der Waals surface area contributed by atoms with Crippen molar-refractivity contribution in [3.63, 3.8) is 0 Å². The Bertz CT molecular complexity index is 331. The molecular formula is C6H10N4O2S. The topological polar surface area (TPSA) is 90.6 Å². The first kappa shape index (κ1) is 9.85. The number of aromatic amines is 2. The fraction of sp³-hybridized carbons (Fsp3) is 0.500. The SMILES string of the molecule is CSCCC(=O)Nc1n[nH]c(=O)[nH]1. The molecule has 0 saturated heterocycles. The Hall–Kier alpha value is -1.24. The molecule has 6 nitrogen and oxygen atoms in total. The zero-order valence-electron chi connectivity index (χ0n) is 7.09. The van der Waals surface area contributed by atoms with E-state index in [9.17, 15) is 9.59 Å². The number of rotatable bonds is 4. The minimum atomic E-state index is -0.430. The van der Waals surface area contributed by atoms with E-state index < -0.39 is 5.69 Å². The highest BCUT2D eigenvalue weighted by Crippen LogP contribution is 1.98. The molecule has 3 N–H and O–H groups in total. The molecule has 0 aliphatic rings. The smallest absolute Gasteiger partial charge is 0.295 e. The van der Waals surface area contributed by atoms with Crippen LogP contribution in [0.3, 0.4) is 0 Å². The fourth-order valence-electron chi connectivity index (χ4n) is 0.719. The number of nitrogens with zero attached hydrogens (tertiary/aromatic N) is 1. The molecule has 0 unspecified atom stereocenters. The van der Waals surface area contributed by atoms with Crippen molar-refractivity contribution in [2.24, 2.45) is 0 Å². The van der Waals surface area contributed by atoms with Gasteiger partial charge in [0, 0.05) is 12.2 Å². The second kappa shape index (κ2) is 4.70. The molecule has 1 aromatic heterocycles. The van der Waals surface area contributed by atoms with Gasteiger partial charge in [0.1, 0.15) is 0 Å². The van der Waals surface area contributed by atoms with E-state index in [2.05, 4.69) is 20.5 Å². The molecule has 13 heavy (non-hydrogen) atoms. The maximum atomic E-state index is 11.1. The minimum Gasteiger partial charge on any atom is -0.295 e. The second-order valence-corrected chi connectivity index (χ2v) is 3.30. The summed E-state index contributed by atoms with van der Waals surface area (Å²) < 4.78 is 0. The number of hydrogen-bond donors (Lipinski definition) is 3. The van der Waals surface area contributed by atoms with Crippen molar-refractivity contribution >= 4 is 23.6 Å². The molecule has 72 valence electrons. The van der Waals surface area contributed by atoms with Crippen LogP contribution < -0.4 is 11.0 Å². The van der Waals surface area contributed by atoms with E-state index in [1.165, 1.54) is 0 Å². The monoisotopic (exact) mass is 202 g/mol. The van der Waals surface area contributed by atoms with Gasteiger partial charge in [0.05, 0.1) is 0 Å². The first-order valence-electron chi connectivity index (χ1n) is 3.66. The molecule has 0 atom stereocenters. The Balaban J connectivity index is 2.41. The van der Waals surface area contributed by atoms with Gasteiger partial charge in [-0.3, -0.25) is 15.1 Å². The highest BCUT2D eigenvalue weighted by atomic mass is 32.2. The molecule has 0 spiro atoms. The summed E-state index contributed by atoms with van der Waals surface area (Å²) in [4.78, 5) is 24.0. The summed E-state index contributed by atoms with van der Waals surface area (Å²) in [7, 11) is 0. The predicted molar refractivity (Wildman–Crippen MR) is 50.8 cm³/mol. The second-order valence-electron chi connectivity index (χ2n) is 2.32. The van der Waals surface area contributed by atoms with Crippen LogP contribution in [-0.2, 0) is 4.79 Å². The van der Waals surface area contributed by atoms with Crippen LogP contribution in [0.25, 0.3) is 0 Å². The van der Waals surface area contributed by atoms with Gasteiger partial charge in [0.15, 0.2) is 0 Å². The van der Waals surface area contributed by atoms with E-state index in [1.54, 1.807) is 11.8 Å². The van der Waals surface area contributed by atoms with E-state index in [1.807, 2.05) is 6.26 Å². The van der Waals surface area contributed by atoms with Crippen LogP contribution >= 0.6 is 11.8 Å². The van der Waals surface area contributed by atoms with Gasteiger partial charge in [0.25, 0.3) is 0 Å². The molecule has 0 radical (unpaired) electrons. The van der Waals surface area contributed by atoms with Crippen molar-refractivity contribution in [1.82, 2.24) is 15.2 Å². The Morgan fingerprint density at radius 1 is 1.69 bits per heavy atom. The van der Waals surface area contributed by atoms with Gasteiger partial charge >= 0.3 is 5.69 Å². The zero-order valence-corrected chi connectivity index (χ0v) is 7.90. The summed E-state index contributed by atoms with van der Waals surface area (Å²) >= 11 is 1.58. The van der Waals surface area contributed by atoms with Crippen molar-refractivity contribution in [1.29, 1.82) is 0 Å². The van der Waals surface area contributed by atoms with Crippen LogP contribution in [0.4, 0.5) is 5.95 Å². The van der Waals surface area contributed by atoms with Crippen molar-refractivity contribution in [2.75, 3.05) is 17.3 Å². The van der Waals surface area contributed by atoms with E-state index >= 15 is 0 Å². The molecule has 0 aromatic carbocycles. The van der Waals surface area contributed by atoms with Crippen molar-refractivity contribution in [2.45, 2.75) is 6.42 Å². The van der Waals surface area contributed by atoms with Crippen molar-refractivity contribution in [3.8, 4) is 0 Å². The number of anilines is 1. The number of hydrogen-bond acceptors (Lipinski definition) is 4. The summed E-state index contributed by atoms with van der Waals surface area (Å²) in [5.41, 5.74) is -0.430. The van der Waals surface area contributed by atoms with Crippen LogP contribution in [-0.4, -0.2) is 33.1 Å². The Kier molecular flexibility index (Phi) is 3.56. The maximum Gasteiger partial charge on any atom is 0.342 e. The van der Waals surface area contributed by atoms with Gasteiger partial charge in [-0.25, -0.2) is 9.89 Å². The highest BCUT2D eigenvalue weighted by molar-refractivity contribution is 7.98. The first-order chi connectivity index (χ1) is 6.22. The fourth-order valence-corrected chi connectivity index (χ4v) is 1.11. The van der Waals surface area contributed by atoms with E-state index in [0.29, 0.717) is 6.42 Å². The molecule has 1 amide bonds. The highest BCUT2D eigenvalue weighted by Gasteiger charge is 2.03. The summed E-state index contributed by atoms with van der Waals surface area (Å²) in [6.07, 6.45) is 2.33. The lowest BCUT2D eigenvalue weighted by Gasteiger charge is -1.98. The third-order valence-electron chi connectivity index (χ3n) is 1.29. The van der Waals surface area contributed by atoms with Gasteiger partial charge < -0.3 is 0 Å². The summed E-state index contributed by atoms with van der Waals surface area (Å²) in [5, 5.41) is 8.13. The van der Waals surface area contributed by atoms with Gasteiger partial charge in [0.2, 0.25) is 11.9 Å². The molecule has 0 aliphatic carbocycles. The Labute approximate surface area is 78.5 Å². The lowest BCUT2D eigenvalue weighted by atomic mass is 10.4. The summed E-state index contributed by atoms with van der Waals surface area (Å²) in [5.74, 6) is 0.758. The standard InChI is InChI=1S/C6H10N4O2S/c1-13-3-2-4(11)7-5-8-6(12)10-9-5/h2-3H2,1H3,(H3,7,8,9,10,11,12). The largest absolute Gasteiger partial charge is 0.342 e. The third-order valence-corrected chi connectivity index (χ3v) is 1.90. The van der Waals surface area contributed by atoms with Gasteiger partial charge in [-0.05, 0) is 6.26 Å². The van der Waals surface area contributed by atoms with E-state index in [-0.39, 0.29) is 11.9 Å². The lowest BCUT2D eigenvalue weighted by Crippen LogP contribution is -2.13. The number of aromatic nitrogens is 3. The average Bonchev–Trinajstić information content (AvgIpc) is 2.48. The predicted octanol–water partition coefficient (Wildman–Crippen LogP) is -0.210. The Morgan fingerprint density at radius 2 is 2.46 bits per heavy atom. The average molecular weight is 202 g/mol. The minimum absolute atomic E-state index is 0.155. The molecule has 1 aromatic rings. The summed E-state index contributed by atoms with van der Waals surface area (Å²) in [6, 6.07) is 0. The van der Waals surface area contributed by atoms with Gasteiger partial charge in [-0.15, -0.1) is 5.10 Å². The lowest BCUT2D eigenvalue weighted by molar-refractivity contribution is -0.115. The molecule has 0 saturated carbocycles. The van der Waals surface area contributed by atoms with E-state index in [4.69, 9.17) is 0 Å². The first-order valence-corrected chi connectivity index (χ1v) is 5.05.